The summed E-state index contributed by atoms with van der Waals surface area (Å²) in [6, 6.07) is 19.1. The van der Waals surface area contributed by atoms with Crippen LogP contribution >= 0.6 is 12.2 Å². The first-order valence-electron chi connectivity index (χ1n) is 12.6. The summed E-state index contributed by atoms with van der Waals surface area (Å²) in [5.74, 6) is 2.60. The van der Waals surface area contributed by atoms with Crippen LogP contribution in [0.25, 0.3) is 0 Å². The maximum atomic E-state index is 5.58. The smallest absolute Gasteiger partial charge is 0.170 e. The second-order valence-corrected chi connectivity index (χ2v) is 10.3. The summed E-state index contributed by atoms with van der Waals surface area (Å²) < 4.78 is 5.58. The topological polar surface area (TPSA) is 43.0 Å². The number of rotatable bonds is 7. The van der Waals surface area contributed by atoms with Gasteiger partial charge in [0.25, 0.3) is 0 Å². The third-order valence-corrected chi connectivity index (χ3v) is 8.08. The highest BCUT2D eigenvalue weighted by molar-refractivity contribution is 7.80. The Labute approximate surface area is 209 Å². The van der Waals surface area contributed by atoms with E-state index >= 15 is 0 Å². The lowest BCUT2D eigenvalue weighted by Crippen LogP contribution is -2.59. The van der Waals surface area contributed by atoms with Gasteiger partial charge in [-0.15, -0.1) is 0 Å². The Kier molecular flexibility index (Phi) is 7.52. The van der Waals surface area contributed by atoms with Crippen molar-refractivity contribution < 1.29 is 4.74 Å². The molecule has 7 heteroatoms. The summed E-state index contributed by atoms with van der Waals surface area (Å²) in [6.45, 7) is 9.02. The average molecular weight is 480 g/mol. The predicted octanol–water partition coefficient (Wildman–Crippen LogP) is 3.51. The fourth-order valence-corrected chi connectivity index (χ4v) is 6.17. The number of anilines is 2. The lowest BCUT2D eigenvalue weighted by atomic mass is 9.75. The van der Waals surface area contributed by atoms with Crippen LogP contribution in [0.1, 0.15) is 12.8 Å². The standard InChI is InChI=1S/C27H37N5OS/c1-33-26-10-6-5-9-25(26)31-15-13-30(14-16-31)19-22-20-32-12-11-21(22)17-24(32)18-28-27(34)29-23-7-3-2-4-8-23/h2-10,21-22,24H,11-20H2,1H3,(H2,28,29,34)/t21-,22+,24+/m0/s1. The average Bonchev–Trinajstić information content (AvgIpc) is 2.89. The molecule has 0 spiro atoms. The normalized spacial score (nSPS) is 26.8. The van der Waals surface area contributed by atoms with Crippen molar-refractivity contribution in [3.05, 3.63) is 54.6 Å². The number of piperidine rings is 3. The maximum absolute atomic E-state index is 5.58. The number of ether oxygens (including phenoxy) is 1. The molecule has 4 atom stereocenters. The number of methoxy groups -OCH3 is 1. The molecule has 182 valence electrons. The highest BCUT2D eigenvalue weighted by atomic mass is 32.1. The van der Waals surface area contributed by atoms with E-state index < -0.39 is 0 Å². The SMILES string of the molecule is COc1ccccc1N1CCN(C[C@@H]2CN3CC[C@H]2C[C@@H]3CNC(=S)Nc2ccccc2)CC1. The molecule has 4 fully saturated rings. The van der Waals surface area contributed by atoms with Crippen molar-refractivity contribution >= 4 is 28.7 Å². The molecular weight excluding hydrogens is 442 g/mol. The Morgan fingerprint density at radius 2 is 1.76 bits per heavy atom. The molecule has 4 heterocycles. The molecule has 0 amide bonds. The molecule has 6 nitrogen and oxygen atoms in total. The molecule has 6 rings (SSSR count). The molecule has 0 aliphatic carbocycles. The summed E-state index contributed by atoms with van der Waals surface area (Å²) >= 11 is 5.52. The van der Waals surface area contributed by atoms with Gasteiger partial charge in [0.2, 0.25) is 0 Å². The van der Waals surface area contributed by atoms with Gasteiger partial charge in [-0.2, -0.15) is 0 Å². The summed E-state index contributed by atoms with van der Waals surface area (Å²) in [5.41, 5.74) is 2.26. The van der Waals surface area contributed by atoms with Gasteiger partial charge < -0.3 is 20.3 Å². The highest BCUT2D eigenvalue weighted by Gasteiger charge is 2.40. The molecule has 4 aliphatic rings. The third kappa shape index (κ3) is 5.48. The number of nitrogens with zero attached hydrogens (tertiary/aromatic N) is 3. The fourth-order valence-electron chi connectivity index (χ4n) is 5.97. The van der Waals surface area contributed by atoms with E-state index in [0.29, 0.717) is 6.04 Å². The summed E-state index contributed by atoms with van der Waals surface area (Å²) in [7, 11) is 1.76. The second kappa shape index (κ2) is 10.9. The zero-order chi connectivity index (χ0) is 23.3. The number of para-hydroxylation sites is 3. The molecule has 2 aromatic rings. The first kappa shape index (κ1) is 23.4. The number of hydrogen-bond acceptors (Lipinski definition) is 5. The second-order valence-electron chi connectivity index (χ2n) is 9.85. The first-order chi connectivity index (χ1) is 16.7. The lowest BCUT2D eigenvalue weighted by molar-refractivity contribution is -0.0110. The third-order valence-electron chi connectivity index (χ3n) is 7.83. The largest absolute Gasteiger partial charge is 0.495 e. The van der Waals surface area contributed by atoms with Gasteiger partial charge in [0, 0.05) is 57.5 Å². The van der Waals surface area contributed by atoms with Crippen molar-refractivity contribution in [2.75, 3.05) is 69.7 Å². The molecule has 0 radical (unpaired) electrons. The summed E-state index contributed by atoms with van der Waals surface area (Å²) in [6.07, 6.45) is 2.63. The van der Waals surface area contributed by atoms with E-state index in [1.54, 1.807) is 7.11 Å². The number of benzene rings is 2. The Bertz CT molecular complexity index is 949. The molecular formula is C27H37N5OS. The molecule has 0 saturated carbocycles. The maximum Gasteiger partial charge on any atom is 0.170 e. The van der Waals surface area contributed by atoms with Gasteiger partial charge >= 0.3 is 0 Å². The first-order valence-corrected chi connectivity index (χ1v) is 13.0. The van der Waals surface area contributed by atoms with Crippen molar-refractivity contribution in [3.63, 3.8) is 0 Å². The minimum absolute atomic E-state index is 0.591. The number of fused-ring (bicyclic) bond motifs is 3. The van der Waals surface area contributed by atoms with Crippen molar-refractivity contribution in [2.45, 2.75) is 18.9 Å². The van der Waals surface area contributed by atoms with Crippen molar-refractivity contribution in [1.82, 2.24) is 15.1 Å². The molecule has 2 aromatic carbocycles. The van der Waals surface area contributed by atoms with E-state index in [9.17, 15) is 0 Å². The van der Waals surface area contributed by atoms with Gasteiger partial charge in [0.05, 0.1) is 12.8 Å². The van der Waals surface area contributed by atoms with E-state index in [4.69, 9.17) is 17.0 Å². The van der Waals surface area contributed by atoms with E-state index in [1.165, 1.54) is 38.2 Å². The highest BCUT2D eigenvalue weighted by Crippen LogP contribution is 2.37. The Morgan fingerprint density at radius 1 is 1.00 bits per heavy atom. The lowest BCUT2D eigenvalue weighted by Gasteiger charge is -2.51. The minimum Gasteiger partial charge on any atom is -0.495 e. The van der Waals surface area contributed by atoms with Crippen LogP contribution in [-0.4, -0.2) is 80.4 Å². The van der Waals surface area contributed by atoms with Crippen LogP contribution in [-0.2, 0) is 0 Å². The van der Waals surface area contributed by atoms with Crippen LogP contribution in [0.4, 0.5) is 11.4 Å². The number of hydrogen-bond donors (Lipinski definition) is 2. The van der Waals surface area contributed by atoms with Crippen molar-refractivity contribution in [2.24, 2.45) is 11.8 Å². The van der Waals surface area contributed by atoms with Gasteiger partial charge in [-0.25, -0.2) is 0 Å². The zero-order valence-corrected chi connectivity index (χ0v) is 21.0. The van der Waals surface area contributed by atoms with Crippen LogP contribution in [0.2, 0.25) is 0 Å². The summed E-state index contributed by atoms with van der Waals surface area (Å²) in [5, 5.41) is 7.48. The quantitative estimate of drug-likeness (QED) is 0.589. The number of piperazine rings is 1. The molecule has 2 bridgehead atoms. The Balaban J connectivity index is 1.07. The van der Waals surface area contributed by atoms with Crippen LogP contribution in [0, 0.1) is 11.8 Å². The fraction of sp³-hybridized carbons (Fsp3) is 0.519. The van der Waals surface area contributed by atoms with E-state index in [1.807, 2.05) is 36.4 Å². The molecule has 1 unspecified atom stereocenters. The van der Waals surface area contributed by atoms with E-state index in [2.05, 4.69) is 43.5 Å². The molecule has 34 heavy (non-hydrogen) atoms. The molecule has 4 saturated heterocycles. The Hall–Kier alpha value is -2.35. The van der Waals surface area contributed by atoms with Gasteiger partial charge in [-0.05, 0) is 67.7 Å². The molecule has 0 aromatic heterocycles. The van der Waals surface area contributed by atoms with Crippen molar-refractivity contribution in [3.8, 4) is 5.75 Å². The Morgan fingerprint density at radius 3 is 2.50 bits per heavy atom. The minimum atomic E-state index is 0.591. The predicted molar refractivity (Wildman–Crippen MR) is 144 cm³/mol. The summed E-state index contributed by atoms with van der Waals surface area (Å²) in [4.78, 5) is 7.86. The zero-order valence-electron chi connectivity index (χ0n) is 20.2. The van der Waals surface area contributed by atoms with Gasteiger partial charge in [-0.3, -0.25) is 9.80 Å². The van der Waals surface area contributed by atoms with Crippen molar-refractivity contribution in [1.29, 1.82) is 0 Å². The monoisotopic (exact) mass is 479 g/mol. The van der Waals surface area contributed by atoms with Crippen LogP contribution < -0.4 is 20.3 Å². The van der Waals surface area contributed by atoms with E-state index in [-0.39, 0.29) is 0 Å². The van der Waals surface area contributed by atoms with Gasteiger partial charge in [-0.1, -0.05) is 30.3 Å². The van der Waals surface area contributed by atoms with Crippen LogP contribution in [0.3, 0.4) is 0 Å². The van der Waals surface area contributed by atoms with E-state index in [0.717, 1.165) is 61.1 Å². The number of nitrogens with one attached hydrogen (secondary N) is 2. The van der Waals surface area contributed by atoms with Gasteiger partial charge in [0.15, 0.2) is 5.11 Å². The molecule has 2 N–H and O–H groups in total. The van der Waals surface area contributed by atoms with Crippen LogP contribution in [0.5, 0.6) is 5.75 Å². The molecule has 4 aliphatic heterocycles. The number of thiocarbonyl (C=S) groups is 1. The van der Waals surface area contributed by atoms with Crippen LogP contribution in [0.15, 0.2) is 54.6 Å². The van der Waals surface area contributed by atoms with Gasteiger partial charge in [0.1, 0.15) is 5.75 Å².